The molecule has 0 atom stereocenters. The highest BCUT2D eigenvalue weighted by Crippen LogP contribution is 2.16. The molecule has 1 aromatic rings. The molecule has 0 saturated heterocycles. The van der Waals surface area contributed by atoms with Crippen LogP contribution in [0.1, 0.15) is 22.4 Å². The zero-order chi connectivity index (χ0) is 9.14. The molecule has 1 nitrogen and oxygen atoms in total. The fourth-order valence-electron chi connectivity index (χ4n) is 1.15. The van der Waals surface area contributed by atoms with Crippen molar-refractivity contribution in [2.24, 2.45) is 0 Å². The molecule has 0 amide bonds. The molecule has 0 spiro atoms. The van der Waals surface area contributed by atoms with Crippen molar-refractivity contribution in [1.29, 1.82) is 0 Å². The van der Waals surface area contributed by atoms with Gasteiger partial charge in [0.2, 0.25) is 0 Å². The molecule has 0 aromatic carbocycles. The average Bonchev–Trinajstić information content (AvgIpc) is 2.10. The molecule has 0 aliphatic rings. The van der Waals surface area contributed by atoms with E-state index in [1.54, 1.807) is 6.08 Å². The Morgan fingerprint density at radius 2 is 1.83 bits per heavy atom. The third kappa shape index (κ3) is 1.30. The molecular weight excluding hydrogens is 146 g/mol. The third-order valence-electron chi connectivity index (χ3n) is 2.14. The molecule has 0 aliphatic carbocycles. The first-order chi connectivity index (χ1) is 5.70. The Morgan fingerprint density at radius 1 is 1.17 bits per heavy atom. The van der Waals surface area contributed by atoms with Crippen molar-refractivity contribution in [2.45, 2.75) is 13.8 Å². The first-order valence-electron chi connectivity index (χ1n) is 3.91. The van der Waals surface area contributed by atoms with Crippen molar-refractivity contribution >= 4 is 12.2 Å². The van der Waals surface area contributed by atoms with Gasteiger partial charge >= 0.3 is 0 Å². The topological polar surface area (TPSA) is 12.9 Å². The number of nitrogens with zero attached hydrogens (tertiary/aromatic N) is 1. The average molecular weight is 159 g/mol. The summed E-state index contributed by atoms with van der Waals surface area (Å²) >= 11 is 0. The van der Waals surface area contributed by atoms with Crippen LogP contribution in [0, 0.1) is 13.8 Å². The molecule has 0 aliphatic heterocycles. The van der Waals surface area contributed by atoms with E-state index in [1.807, 2.05) is 19.2 Å². The van der Waals surface area contributed by atoms with Crippen molar-refractivity contribution < 1.29 is 0 Å². The van der Waals surface area contributed by atoms with Gasteiger partial charge in [0.05, 0.1) is 5.69 Å². The monoisotopic (exact) mass is 159 g/mol. The van der Waals surface area contributed by atoms with Gasteiger partial charge in [-0.3, -0.25) is 4.98 Å². The minimum absolute atomic E-state index is 0.957. The highest BCUT2D eigenvalue weighted by atomic mass is 14.7. The largest absolute Gasteiger partial charge is 0.256 e. The standard InChI is InChI=1S/C11H13N/c1-5-10-7-12-11(6-2)9(4)8(10)3/h5-7H,1-2H2,3-4H3. The summed E-state index contributed by atoms with van der Waals surface area (Å²) < 4.78 is 0. The van der Waals surface area contributed by atoms with E-state index in [1.165, 1.54) is 11.1 Å². The van der Waals surface area contributed by atoms with Crippen LogP contribution in [0.3, 0.4) is 0 Å². The van der Waals surface area contributed by atoms with Crippen LogP contribution in [0.25, 0.3) is 12.2 Å². The highest BCUT2D eigenvalue weighted by Gasteiger charge is 2.01. The number of hydrogen-bond acceptors (Lipinski definition) is 1. The minimum Gasteiger partial charge on any atom is -0.256 e. The maximum Gasteiger partial charge on any atom is 0.0655 e. The summed E-state index contributed by atoms with van der Waals surface area (Å²) in [4.78, 5) is 4.24. The second-order valence-corrected chi connectivity index (χ2v) is 2.76. The molecule has 0 radical (unpaired) electrons. The zero-order valence-electron chi connectivity index (χ0n) is 7.59. The normalized spacial score (nSPS) is 9.50. The fourth-order valence-corrected chi connectivity index (χ4v) is 1.15. The van der Waals surface area contributed by atoms with Crippen molar-refractivity contribution in [2.75, 3.05) is 0 Å². The summed E-state index contributed by atoms with van der Waals surface area (Å²) in [7, 11) is 0. The van der Waals surface area contributed by atoms with Gasteiger partial charge in [0, 0.05) is 6.20 Å². The molecule has 1 aromatic heterocycles. The number of aromatic nitrogens is 1. The molecule has 0 saturated carbocycles. The second kappa shape index (κ2) is 3.35. The van der Waals surface area contributed by atoms with Crippen LogP contribution in [0.15, 0.2) is 19.4 Å². The van der Waals surface area contributed by atoms with E-state index in [-0.39, 0.29) is 0 Å². The van der Waals surface area contributed by atoms with E-state index in [4.69, 9.17) is 0 Å². The number of rotatable bonds is 2. The van der Waals surface area contributed by atoms with E-state index in [9.17, 15) is 0 Å². The van der Waals surface area contributed by atoms with Crippen molar-refractivity contribution in [1.82, 2.24) is 4.98 Å². The van der Waals surface area contributed by atoms with E-state index >= 15 is 0 Å². The lowest BCUT2D eigenvalue weighted by Gasteiger charge is -2.06. The molecule has 0 N–H and O–H groups in total. The van der Waals surface area contributed by atoms with Crippen LogP contribution < -0.4 is 0 Å². The summed E-state index contributed by atoms with van der Waals surface area (Å²) in [5.41, 5.74) is 4.47. The first kappa shape index (κ1) is 8.72. The Balaban J connectivity index is 3.38. The highest BCUT2D eigenvalue weighted by molar-refractivity contribution is 5.58. The van der Waals surface area contributed by atoms with Crippen LogP contribution in [-0.2, 0) is 0 Å². The van der Waals surface area contributed by atoms with E-state index in [0.717, 1.165) is 11.3 Å². The lowest BCUT2D eigenvalue weighted by Crippen LogP contribution is -1.93. The molecule has 1 heterocycles. The summed E-state index contributed by atoms with van der Waals surface area (Å²) in [5, 5.41) is 0. The molecular formula is C11H13N. The van der Waals surface area contributed by atoms with E-state index in [0.29, 0.717) is 0 Å². The van der Waals surface area contributed by atoms with Crippen LogP contribution >= 0.6 is 0 Å². The fraction of sp³-hybridized carbons (Fsp3) is 0.182. The first-order valence-corrected chi connectivity index (χ1v) is 3.91. The van der Waals surface area contributed by atoms with E-state index in [2.05, 4.69) is 25.1 Å². The number of pyridine rings is 1. The van der Waals surface area contributed by atoms with Crippen molar-refractivity contribution in [3.05, 3.63) is 41.7 Å². The molecule has 0 bridgehead atoms. The summed E-state index contributed by atoms with van der Waals surface area (Å²) in [6.45, 7) is 11.5. The Hall–Kier alpha value is -1.37. The molecule has 1 heteroatoms. The van der Waals surface area contributed by atoms with Gasteiger partial charge in [0.1, 0.15) is 0 Å². The molecule has 1 rings (SSSR count). The van der Waals surface area contributed by atoms with Crippen LogP contribution in [0.2, 0.25) is 0 Å². The van der Waals surface area contributed by atoms with Gasteiger partial charge in [-0.05, 0) is 36.6 Å². The SMILES string of the molecule is C=Cc1cnc(C=C)c(C)c1C. The van der Waals surface area contributed by atoms with E-state index < -0.39 is 0 Å². The Labute approximate surface area is 73.5 Å². The number of hydrogen-bond donors (Lipinski definition) is 0. The van der Waals surface area contributed by atoms with Crippen molar-refractivity contribution in [3.63, 3.8) is 0 Å². The van der Waals surface area contributed by atoms with Gasteiger partial charge in [-0.1, -0.05) is 19.2 Å². The van der Waals surface area contributed by atoms with Gasteiger partial charge in [-0.25, -0.2) is 0 Å². The lowest BCUT2D eigenvalue weighted by molar-refractivity contribution is 1.18. The Bertz CT molecular complexity index is 291. The van der Waals surface area contributed by atoms with Gasteiger partial charge < -0.3 is 0 Å². The van der Waals surface area contributed by atoms with Gasteiger partial charge in [-0.15, -0.1) is 0 Å². The predicted octanol–water partition coefficient (Wildman–Crippen LogP) is 2.98. The quantitative estimate of drug-likeness (QED) is 0.646. The van der Waals surface area contributed by atoms with Crippen molar-refractivity contribution in [3.8, 4) is 0 Å². The maximum atomic E-state index is 4.24. The minimum atomic E-state index is 0.957. The predicted molar refractivity (Wildman–Crippen MR) is 53.9 cm³/mol. The molecule has 62 valence electrons. The summed E-state index contributed by atoms with van der Waals surface area (Å²) in [6, 6.07) is 0. The van der Waals surface area contributed by atoms with Crippen LogP contribution in [0.5, 0.6) is 0 Å². The zero-order valence-corrected chi connectivity index (χ0v) is 7.59. The second-order valence-electron chi connectivity index (χ2n) is 2.76. The Morgan fingerprint density at radius 3 is 2.33 bits per heavy atom. The summed E-state index contributed by atoms with van der Waals surface area (Å²) in [6.07, 6.45) is 5.42. The van der Waals surface area contributed by atoms with Gasteiger partial charge in [0.25, 0.3) is 0 Å². The summed E-state index contributed by atoms with van der Waals surface area (Å²) in [5.74, 6) is 0. The van der Waals surface area contributed by atoms with Crippen LogP contribution in [0.4, 0.5) is 0 Å². The van der Waals surface area contributed by atoms with Gasteiger partial charge in [-0.2, -0.15) is 0 Å². The molecule has 12 heavy (non-hydrogen) atoms. The molecule has 0 unspecified atom stereocenters. The third-order valence-corrected chi connectivity index (χ3v) is 2.14. The van der Waals surface area contributed by atoms with Gasteiger partial charge in [0.15, 0.2) is 0 Å². The smallest absolute Gasteiger partial charge is 0.0655 e. The Kier molecular flexibility index (Phi) is 2.44. The molecule has 0 fully saturated rings. The maximum absolute atomic E-state index is 4.24. The van der Waals surface area contributed by atoms with Crippen LogP contribution in [-0.4, -0.2) is 4.98 Å². The lowest BCUT2D eigenvalue weighted by atomic mass is 10.0.